The van der Waals surface area contributed by atoms with Gasteiger partial charge in [-0.05, 0) is 78.1 Å². The second-order valence-electron chi connectivity index (χ2n) is 11.7. The molecule has 1 N–H and O–H groups in total. The van der Waals surface area contributed by atoms with Crippen molar-refractivity contribution in [1.82, 2.24) is 0 Å². The van der Waals surface area contributed by atoms with Gasteiger partial charge in [-0.2, -0.15) is 0 Å². The maximum atomic E-state index is 11.2. The summed E-state index contributed by atoms with van der Waals surface area (Å²) < 4.78 is 0. The van der Waals surface area contributed by atoms with Crippen LogP contribution in [0.3, 0.4) is 0 Å². The highest BCUT2D eigenvalue weighted by molar-refractivity contribution is 9.09. The minimum absolute atomic E-state index is 0.183. The van der Waals surface area contributed by atoms with Crippen LogP contribution in [0.25, 0.3) is 0 Å². The summed E-state index contributed by atoms with van der Waals surface area (Å²) in [5.74, 6) is 1.82. The van der Waals surface area contributed by atoms with Crippen molar-refractivity contribution in [2.45, 2.75) is 79.6 Å². The van der Waals surface area contributed by atoms with Crippen LogP contribution in [-0.4, -0.2) is 10.4 Å². The zero-order valence-electron chi connectivity index (χ0n) is 16.7. The predicted molar refractivity (Wildman–Crippen MR) is 109 cm³/mol. The summed E-state index contributed by atoms with van der Waals surface area (Å²) in [4.78, 5) is 0. The molecule has 0 aliphatic heterocycles. The molecule has 0 heterocycles. The molecule has 4 fully saturated rings. The Morgan fingerprint density at radius 1 is 1.08 bits per heavy atom. The van der Waals surface area contributed by atoms with Crippen molar-refractivity contribution in [3.05, 3.63) is 23.0 Å². The van der Waals surface area contributed by atoms with Gasteiger partial charge < -0.3 is 5.11 Å². The summed E-state index contributed by atoms with van der Waals surface area (Å²) in [6.45, 7) is 12.0. The van der Waals surface area contributed by atoms with Crippen LogP contribution in [0, 0.1) is 33.5 Å². The Hall–Kier alpha value is -0.240. The molecule has 0 saturated heterocycles. The van der Waals surface area contributed by atoms with Crippen molar-refractivity contribution in [1.29, 1.82) is 0 Å². The van der Waals surface area contributed by atoms with E-state index in [1.807, 2.05) is 0 Å². The molecule has 2 heteroatoms. The van der Waals surface area contributed by atoms with Crippen LogP contribution < -0.4 is 0 Å². The molecule has 5 aliphatic carbocycles. The first-order chi connectivity index (χ1) is 11.5. The second kappa shape index (κ2) is 5.40. The van der Waals surface area contributed by atoms with Crippen LogP contribution in [0.2, 0.25) is 0 Å². The lowest BCUT2D eigenvalue weighted by molar-refractivity contribution is -0.129. The van der Waals surface area contributed by atoms with Gasteiger partial charge in [0, 0.05) is 11.2 Å². The van der Waals surface area contributed by atoms with Crippen molar-refractivity contribution in [2.75, 3.05) is 5.33 Å². The fraction of sp³-hybridized carbons (Fsp3) is 0.826. The summed E-state index contributed by atoms with van der Waals surface area (Å²) in [6, 6.07) is 0. The molecule has 0 aromatic carbocycles. The van der Waals surface area contributed by atoms with E-state index in [0.717, 1.165) is 17.7 Å². The predicted octanol–water partition coefficient (Wildman–Crippen LogP) is 7.18. The molecule has 0 aromatic heterocycles. The molecule has 140 valence electrons. The van der Waals surface area contributed by atoms with Gasteiger partial charge in [-0.25, -0.2) is 0 Å². The number of alkyl halides is 1. The monoisotopic (exact) mass is 406 g/mol. The van der Waals surface area contributed by atoms with Crippen molar-refractivity contribution >= 4 is 15.9 Å². The Bertz CT molecular complexity index is 631. The van der Waals surface area contributed by atoms with Gasteiger partial charge in [0.05, 0.1) is 0 Å². The zero-order chi connectivity index (χ0) is 18.3. The van der Waals surface area contributed by atoms with Gasteiger partial charge in [-0.3, -0.25) is 0 Å². The number of hydrogen-bond acceptors (Lipinski definition) is 1. The molecule has 0 spiro atoms. The average molecular weight is 407 g/mol. The van der Waals surface area contributed by atoms with Gasteiger partial charge in [-0.1, -0.05) is 62.2 Å². The van der Waals surface area contributed by atoms with Crippen molar-refractivity contribution in [3.63, 3.8) is 0 Å². The number of allylic oxidation sites excluding steroid dienone is 4. The minimum Gasteiger partial charge on any atom is -0.512 e. The summed E-state index contributed by atoms with van der Waals surface area (Å²) in [7, 11) is 0. The summed E-state index contributed by atoms with van der Waals surface area (Å²) >= 11 is 3.68. The first-order valence-electron chi connectivity index (χ1n) is 10.2. The van der Waals surface area contributed by atoms with E-state index in [1.54, 1.807) is 0 Å². The highest BCUT2D eigenvalue weighted by Gasteiger charge is 2.61. The Morgan fingerprint density at radius 2 is 1.68 bits per heavy atom. The van der Waals surface area contributed by atoms with Crippen LogP contribution in [0.4, 0.5) is 0 Å². The van der Waals surface area contributed by atoms with E-state index in [4.69, 9.17) is 0 Å². The van der Waals surface area contributed by atoms with E-state index in [-0.39, 0.29) is 16.7 Å². The number of aliphatic hydroxyl groups is 1. The molecule has 3 atom stereocenters. The molecule has 0 radical (unpaired) electrons. The smallest absolute Gasteiger partial charge is 0.100 e. The molecular formula is C23H35BrO. The lowest BCUT2D eigenvalue weighted by Crippen LogP contribution is -2.55. The highest BCUT2D eigenvalue weighted by Crippen LogP contribution is 2.72. The molecule has 5 aliphatic rings. The Kier molecular flexibility index (Phi) is 3.91. The van der Waals surface area contributed by atoms with Crippen molar-refractivity contribution in [2.24, 2.45) is 33.5 Å². The van der Waals surface area contributed by atoms with Crippen LogP contribution in [0.1, 0.15) is 79.6 Å². The first-order valence-corrected chi connectivity index (χ1v) is 11.3. The largest absolute Gasteiger partial charge is 0.512 e. The first kappa shape index (κ1) is 18.1. The van der Waals surface area contributed by atoms with Gasteiger partial charge in [0.2, 0.25) is 0 Å². The van der Waals surface area contributed by atoms with E-state index in [1.165, 1.54) is 49.7 Å². The Morgan fingerprint density at radius 3 is 2.16 bits per heavy atom. The van der Waals surface area contributed by atoms with Gasteiger partial charge in [0.25, 0.3) is 0 Å². The van der Waals surface area contributed by atoms with E-state index in [0.29, 0.717) is 16.6 Å². The summed E-state index contributed by atoms with van der Waals surface area (Å²) in [5.41, 5.74) is 4.23. The lowest BCUT2D eigenvalue weighted by Gasteiger charge is -2.66. The van der Waals surface area contributed by atoms with E-state index in [9.17, 15) is 5.11 Å². The van der Waals surface area contributed by atoms with Crippen LogP contribution in [-0.2, 0) is 0 Å². The molecule has 3 unspecified atom stereocenters. The third-order valence-corrected chi connectivity index (χ3v) is 8.58. The molecular weight excluding hydrogens is 372 g/mol. The molecule has 5 rings (SSSR count). The fourth-order valence-electron chi connectivity index (χ4n) is 7.71. The van der Waals surface area contributed by atoms with E-state index >= 15 is 0 Å². The summed E-state index contributed by atoms with van der Waals surface area (Å²) in [5, 5.41) is 12.1. The van der Waals surface area contributed by atoms with Gasteiger partial charge in [0.15, 0.2) is 0 Å². The molecule has 25 heavy (non-hydrogen) atoms. The highest BCUT2D eigenvalue weighted by atomic mass is 79.9. The zero-order valence-corrected chi connectivity index (χ0v) is 18.3. The second-order valence-corrected chi connectivity index (χ2v) is 12.3. The maximum Gasteiger partial charge on any atom is 0.100 e. The van der Waals surface area contributed by atoms with Crippen molar-refractivity contribution < 1.29 is 5.11 Å². The van der Waals surface area contributed by atoms with Gasteiger partial charge in [-0.15, -0.1) is 0 Å². The van der Waals surface area contributed by atoms with Gasteiger partial charge >= 0.3 is 0 Å². The van der Waals surface area contributed by atoms with Crippen LogP contribution in [0.15, 0.2) is 23.0 Å². The van der Waals surface area contributed by atoms with Crippen LogP contribution in [0.5, 0.6) is 0 Å². The number of aliphatic hydroxyl groups excluding tert-OH is 1. The van der Waals surface area contributed by atoms with Crippen molar-refractivity contribution in [3.8, 4) is 0 Å². The van der Waals surface area contributed by atoms with E-state index in [2.05, 4.69) is 56.6 Å². The Labute approximate surface area is 162 Å². The topological polar surface area (TPSA) is 20.2 Å². The molecule has 4 saturated carbocycles. The molecule has 0 amide bonds. The fourth-order valence-corrected chi connectivity index (χ4v) is 8.25. The standard InChI is InChI=1S/C23H35BrO/c1-20(2,3)17-6-16(11-24)19(25)18(7-17)23-10-15-8-21(4,13-23)12-22(5,9-15)14-23/h7,15-16,25H,6,8-14H2,1-5H3. The normalized spacial score (nSPS) is 46.6. The average Bonchev–Trinajstić information content (AvgIpc) is 2.42. The Balaban J connectivity index is 1.83. The maximum absolute atomic E-state index is 11.2. The summed E-state index contributed by atoms with van der Waals surface area (Å²) in [6.07, 6.45) is 11.5. The third kappa shape index (κ3) is 2.86. The quantitative estimate of drug-likeness (QED) is 0.481. The lowest BCUT2D eigenvalue weighted by atomic mass is 9.39. The van der Waals surface area contributed by atoms with Crippen LogP contribution >= 0.6 is 15.9 Å². The molecule has 4 bridgehead atoms. The molecule has 0 aromatic rings. The number of rotatable bonds is 2. The molecule has 1 nitrogen and oxygen atoms in total. The van der Waals surface area contributed by atoms with Gasteiger partial charge in [0.1, 0.15) is 5.76 Å². The third-order valence-electron chi connectivity index (χ3n) is 7.79. The number of halogens is 1. The SMILES string of the molecule is CC12CC3CC(C)(C1)CC(C1=C(O)C(CBr)CC(C(C)(C)C)=C1)(C3)C2. The van der Waals surface area contributed by atoms with E-state index < -0.39 is 0 Å². The number of hydrogen-bond donors (Lipinski definition) is 1. The minimum atomic E-state index is 0.183.